The quantitative estimate of drug-likeness (QED) is 0.358. The minimum atomic E-state index is 0.346. The Hall–Kier alpha value is -1.76. The number of benzene rings is 2. The van der Waals surface area contributed by atoms with E-state index in [9.17, 15) is 5.11 Å². The number of hydrogen-bond acceptors (Lipinski definition) is 1. The predicted octanol–water partition coefficient (Wildman–Crippen LogP) is 7.81. The molecule has 1 N–H and O–H groups in total. The van der Waals surface area contributed by atoms with Crippen molar-refractivity contribution >= 4 is 0 Å². The van der Waals surface area contributed by atoms with Gasteiger partial charge in [-0.2, -0.15) is 0 Å². The molecule has 1 unspecified atom stereocenters. The van der Waals surface area contributed by atoms with Crippen molar-refractivity contribution in [2.24, 2.45) is 0 Å². The van der Waals surface area contributed by atoms with Gasteiger partial charge in [0.25, 0.3) is 0 Å². The summed E-state index contributed by atoms with van der Waals surface area (Å²) in [6, 6.07) is 17.0. The molecular weight excluding hydrogens is 328 g/mol. The zero-order valence-corrected chi connectivity index (χ0v) is 17.4. The Morgan fingerprint density at radius 2 is 1.22 bits per heavy atom. The van der Waals surface area contributed by atoms with Gasteiger partial charge in [0, 0.05) is 0 Å². The van der Waals surface area contributed by atoms with Crippen LogP contribution in [-0.2, 0) is 12.8 Å². The summed E-state index contributed by atoms with van der Waals surface area (Å²) in [6.45, 7) is 4.52. The molecule has 27 heavy (non-hydrogen) atoms. The highest BCUT2D eigenvalue weighted by molar-refractivity contribution is 5.30. The van der Waals surface area contributed by atoms with Crippen LogP contribution in [0.25, 0.3) is 0 Å². The first kappa shape index (κ1) is 21.5. The fourth-order valence-electron chi connectivity index (χ4n) is 3.83. The molecule has 148 valence electrons. The van der Waals surface area contributed by atoms with Gasteiger partial charge in [-0.25, -0.2) is 0 Å². The summed E-state index contributed by atoms with van der Waals surface area (Å²) in [4.78, 5) is 0. The third-order valence-corrected chi connectivity index (χ3v) is 5.68. The van der Waals surface area contributed by atoms with Crippen LogP contribution in [0.15, 0.2) is 48.5 Å². The van der Waals surface area contributed by atoms with Gasteiger partial charge in [-0.05, 0) is 60.4 Å². The van der Waals surface area contributed by atoms with Crippen LogP contribution in [0, 0.1) is 0 Å². The molecule has 0 aliphatic carbocycles. The highest BCUT2D eigenvalue weighted by atomic mass is 16.3. The molecule has 2 aromatic carbocycles. The van der Waals surface area contributed by atoms with E-state index in [-0.39, 0.29) is 0 Å². The third kappa shape index (κ3) is 8.20. The lowest BCUT2D eigenvalue weighted by atomic mass is 9.89. The Labute approximate surface area is 166 Å². The van der Waals surface area contributed by atoms with Crippen molar-refractivity contribution in [3.63, 3.8) is 0 Å². The molecule has 0 aromatic heterocycles. The Kier molecular flexibility index (Phi) is 10.0. The van der Waals surface area contributed by atoms with Crippen LogP contribution in [0.5, 0.6) is 5.75 Å². The number of unbranched alkanes of at least 4 members (excludes halogenated alkanes) is 7. The van der Waals surface area contributed by atoms with Crippen molar-refractivity contribution in [1.82, 2.24) is 0 Å². The van der Waals surface area contributed by atoms with Crippen molar-refractivity contribution in [3.05, 3.63) is 65.2 Å². The second kappa shape index (κ2) is 12.6. The summed E-state index contributed by atoms with van der Waals surface area (Å²) < 4.78 is 0. The molecule has 0 spiro atoms. The van der Waals surface area contributed by atoms with E-state index < -0.39 is 0 Å². The van der Waals surface area contributed by atoms with Crippen LogP contribution in [0.1, 0.15) is 94.2 Å². The molecule has 1 atom stereocenters. The number of rotatable bonds is 13. The monoisotopic (exact) mass is 366 g/mol. The molecule has 1 nitrogen and oxygen atoms in total. The lowest BCUT2D eigenvalue weighted by Crippen LogP contribution is -2.02. The van der Waals surface area contributed by atoms with Gasteiger partial charge in [-0.1, -0.05) is 95.2 Å². The molecule has 0 aliphatic heterocycles. The number of hydrogen-bond donors (Lipinski definition) is 1. The summed E-state index contributed by atoms with van der Waals surface area (Å²) in [6.07, 6.45) is 14.5. The average Bonchev–Trinajstić information content (AvgIpc) is 2.70. The first-order valence-corrected chi connectivity index (χ1v) is 11.1. The molecular formula is C26H38O. The smallest absolute Gasteiger partial charge is 0.115 e. The maximum absolute atomic E-state index is 9.48. The normalized spacial score (nSPS) is 12.2. The molecule has 0 radical (unpaired) electrons. The fraction of sp³-hybridized carbons (Fsp3) is 0.538. The van der Waals surface area contributed by atoms with E-state index >= 15 is 0 Å². The van der Waals surface area contributed by atoms with Gasteiger partial charge in [0.05, 0.1) is 0 Å². The van der Waals surface area contributed by atoms with Crippen LogP contribution in [0.2, 0.25) is 0 Å². The number of phenols is 1. The van der Waals surface area contributed by atoms with Crippen molar-refractivity contribution < 1.29 is 5.11 Å². The maximum atomic E-state index is 9.48. The molecule has 2 rings (SSSR count). The van der Waals surface area contributed by atoms with E-state index in [0.717, 1.165) is 12.8 Å². The Bertz CT molecular complexity index is 612. The molecule has 1 heteroatoms. The molecule has 0 aliphatic rings. The van der Waals surface area contributed by atoms with E-state index in [1.165, 1.54) is 74.5 Å². The largest absolute Gasteiger partial charge is 0.508 e. The molecule has 2 aromatic rings. The standard InChI is InChI=1S/C26H38O/c1-3-5-6-7-8-9-10-11-12-22-13-15-23(16-14-22)21-24(4-2)25-17-19-26(27)20-18-25/h13-20,24,27H,3-12,21H2,1-2H3. The summed E-state index contributed by atoms with van der Waals surface area (Å²) >= 11 is 0. The van der Waals surface area contributed by atoms with Crippen molar-refractivity contribution in [2.75, 3.05) is 0 Å². The van der Waals surface area contributed by atoms with Gasteiger partial charge in [-0.15, -0.1) is 0 Å². The molecule has 0 saturated carbocycles. The Morgan fingerprint density at radius 1 is 0.667 bits per heavy atom. The summed E-state index contributed by atoms with van der Waals surface area (Å²) in [5.41, 5.74) is 4.20. The predicted molar refractivity (Wildman–Crippen MR) is 118 cm³/mol. The van der Waals surface area contributed by atoms with E-state index in [1.807, 2.05) is 0 Å². The van der Waals surface area contributed by atoms with Gasteiger partial charge in [0.1, 0.15) is 5.75 Å². The topological polar surface area (TPSA) is 20.2 Å². The van der Waals surface area contributed by atoms with Crippen molar-refractivity contribution in [1.29, 1.82) is 0 Å². The zero-order valence-electron chi connectivity index (χ0n) is 17.4. The second-order valence-corrected chi connectivity index (χ2v) is 7.94. The molecule has 0 fully saturated rings. The van der Waals surface area contributed by atoms with Crippen LogP contribution in [0.3, 0.4) is 0 Å². The average molecular weight is 367 g/mol. The first-order valence-electron chi connectivity index (χ1n) is 11.1. The molecule has 0 amide bonds. The van der Waals surface area contributed by atoms with Crippen LogP contribution in [0.4, 0.5) is 0 Å². The second-order valence-electron chi connectivity index (χ2n) is 7.94. The zero-order chi connectivity index (χ0) is 19.3. The third-order valence-electron chi connectivity index (χ3n) is 5.68. The van der Waals surface area contributed by atoms with Gasteiger partial charge in [0.15, 0.2) is 0 Å². The van der Waals surface area contributed by atoms with Crippen molar-refractivity contribution in [2.45, 2.75) is 90.4 Å². The molecule has 0 bridgehead atoms. The van der Waals surface area contributed by atoms with Crippen LogP contribution in [-0.4, -0.2) is 5.11 Å². The molecule has 0 heterocycles. The van der Waals surface area contributed by atoms with Crippen LogP contribution >= 0.6 is 0 Å². The van der Waals surface area contributed by atoms with Gasteiger partial charge in [0.2, 0.25) is 0 Å². The molecule has 0 saturated heterocycles. The van der Waals surface area contributed by atoms with Gasteiger partial charge < -0.3 is 5.11 Å². The van der Waals surface area contributed by atoms with E-state index in [0.29, 0.717) is 11.7 Å². The Morgan fingerprint density at radius 3 is 1.81 bits per heavy atom. The number of aromatic hydroxyl groups is 1. The van der Waals surface area contributed by atoms with E-state index in [1.54, 1.807) is 12.1 Å². The highest BCUT2D eigenvalue weighted by Gasteiger charge is 2.10. The minimum absolute atomic E-state index is 0.346. The first-order chi connectivity index (χ1) is 13.2. The summed E-state index contributed by atoms with van der Waals surface area (Å²) in [5.74, 6) is 0.864. The SMILES string of the molecule is CCCCCCCCCCc1ccc(CC(CC)c2ccc(O)cc2)cc1. The van der Waals surface area contributed by atoms with E-state index in [2.05, 4.69) is 50.2 Å². The number of aryl methyl sites for hydroxylation is 1. The Balaban J connectivity index is 1.71. The maximum Gasteiger partial charge on any atom is 0.115 e. The lowest BCUT2D eigenvalue weighted by molar-refractivity contribution is 0.474. The highest BCUT2D eigenvalue weighted by Crippen LogP contribution is 2.26. The number of phenolic OH excluding ortho intramolecular Hbond substituents is 1. The van der Waals surface area contributed by atoms with Gasteiger partial charge >= 0.3 is 0 Å². The lowest BCUT2D eigenvalue weighted by Gasteiger charge is -2.16. The van der Waals surface area contributed by atoms with E-state index in [4.69, 9.17) is 0 Å². The van der Waals surface area contributed by atoms with Gasteiger partial charge in [-0.3, -0.25) is 0 Å². The van der Waals surface area contributed by atoms with Crippen LogP contribution < -0.4 is 0 Å². The van der Waals surface area contributed by atoms with Crippen molar-refractivity contribution in [3.8, 4) is 5.75 Å². The minimum Gasteiger partial charge on any atom is -0.508 e. The fourth-order valence-corrected chi connectivity index (χ4v) is 3.83. The summed E-state index contributed by atoms with van der Waals surface area (Å²) in [5, 5.41) is 9.48. The summed E-state index contributed by atoms with van der Waals surface area (Å²) in [7, 11) is 0.